The van der Waals surface area contributed by atoms with E-state index >= 15 is 0 Å². The Morgan fingerprint density at radius 2 is 1.73 bits per heavy atom. The van der Waals surface area contributed by atoms with E-state index in [0.29, 0.717) is 0 Å². The van der Waals surface area contributed by atoms with Crippen LogP contribution in [0.4, 0.5) is 0 Å². The Morgan fingerprint density at radius 3 is 2.41 bits per heavy atom. The summed E-state index contributed by atoms with van der Waals surface area (Å²) in [6.07, 6.45) is 5.89. The van der Waals surface area contributed by atoms with Crippen LogP contribution < -0.4 is 0 Å². The van der Waals surface area contributed by atoms with Gasteiger partial charge in [-0.2, -0.15) is 5.10 Å². The standard InChI is InChI=1S/C18H22IN3/c1-14-12-16(13-20-21-10-4-3-5-11-21)15(2)22(14)18-8-6-17(19)7-9-18/h6-9,12-13H,3-5,10-11H2,1-2H3. The van der Waals surface area contributed by atoms with Crippen molar-refractivity contribution >= 4 is 28.8 Å². The normalized spacial score (nSPS) is 15.7. The van der Waals surface area contributed by atoms with Gasteiger partial charge in [-0.05, 0) is 86.0 Å². The van der Waals surface area contributed by atoms with E-state index in [0.717, 1.165) is 13.1 Å². The molecule has 2 heterocycles. The van der Waals surface area contributed by atoms with Crippen molar-refractivity contribution in [2.45, 2.75) is 33.1 Å². The fourth-order valence-electron chi connectivity index (χ4n) is 3.04. The molecular weight excluding hydrogens is 385 g/mol. The zero-order valence-corrected chi connectivity index (χ0v) is 15.4. The van der Waals surface area contributed by atoms with Crippen LogP contribution in [-0.2, 0) is 0 Å². The molecule has 0 atom stereocenters. The van der Waals surface area contributed by atoms with Gasteiger partial charge in [0.15, 0.2) is 0 Å². The van der Waals surface area contributed by atoms with Crippen molar-refractivity contribution < 1.29 is 0 Å². The second-order valence-corrected chi connectivity index (χ2v) is 7.14. The van der Waals surface area contributed by atoms with E-state index < -0.39 is 0 Å². The summed E-state index contributed by atoms with van der Waals surface area (Å²) in [5, 5.41) is 6.87. The monoisotopic (exact) mass is 407 g/mol. The van der Waals surface area contributed by atoms with Crippen LogP contribution in [0.2, 0.25) is 0 Å². The fraction of sp³-hybridized carbons (Fsp3) is 0.389. The Morgan fingerprint density at radius 1 is 1.05 bits per heavy atom. The molecule has 1 aliphatic rings. The van der Waals surface area contributed by atoms with Crippen molar-refractivity contribution in [3.63, 3.8) is 0 Å². The molecular formula is C18H22IN3. The van der Waals surface area contributed by atoms with Gasteiger partial charge in [-0.3, -0.25) is 5.01 Å². The highest BCUT2D eigenvalue weighted by atomic mass is 127. The third-order valence-electron chi connectivity index (χ3n) is 4.25. The summed E-state index contributed by atoms with van der Waals surface area (Å²) in [5.41, 5.74) is 4.92. The largest absolute Gasteiger partial charge is 0.318 e. The van der Waals surface area contributed by atoms with Crippen molar-refractivity contribution in [3.8, 4) is 5.69 Å². The van der Waals surface area contributed by atoms with Crippen LogP contribution in [-0.4, -0.2) is 28.9 Å². The molecule has 2 aromatic rings. The number of hydrogen-bond donors (Lipinski definition) is 0. The number of hydrazone groups is 1. The first-order chi connectivity index (χ1) is 10.6. The summed E-state index contributed by atoms with van der Waals surface area (Å²) < 4.78 is 3.56. The minimum absolute atomic E-state index is 1.09. The van der Waals surface area contributed by atoms with E-state index in [2.05, 4.69) is 81.4 Å². The zero-order chi connectivity index (χ0) is 15.5. The molecule has 1 fully saturated rings. The number of hydrogen-bond acceptors (Lipinski definition) is 2. The number of aromatic nitrogens is 1. The minimum atomic E-state index is 1.09. The van der Waals surface area contributed by atoms with Crippen molar-refractivity contribution in [2.75, 3.05) is 13.1 Å². The van der Waals surface area contributed by atoms with E-state index in [1.54, 1.807) is 0 Å². The summed E-state index contributed by atoms with van der Waals surface area (Å²) >= 11 is 2.34. The average Bonchev–Trinajstić information content (AvgIpc) is 2.82. The average molecular weight is 407 g/mol. The summed E-state index contributed by atoms with van der Waals surface area (Å²) in [6.45, 7) is 6.50. The first kappa shape index (κ1) is 15.6. The SMILES string of the molecule is Cc1cc(C=NN2CCCCC2)c(C)n1-c1ccc(I)cc1. The Labute approximate surface area is 146 Å². The molecule has 0 N–H and O–H groups in total. The van der Waals surface area contributed by atoms with Crippen LogP contribution >= 0.6 is 22.6 Å². The molecule has 0 unspecified atom stereocenters. The van der Waals surface area contributed by atoms with Crippen molar-refractivity contribution in [1.82, 2.24) is 9.58 Å². The van der Waals surface area contributed by atoms with Crippen LogP contribution in [0, 0.1) is 17.4 Å². The van der Waals surface area contributed by atoms with Gasteiger partial charge in [-0.1, -0.05) is 0 Å². The smallest absolute Gasteiger partial charge is 0.0561 e. The van der Waals surface area contributed by atoms with Crippen molar-refractivity contribution in [3.05, 3.63) is 50.9 Å². The molecule has 0 amide bonds. The molecule has 116 valence electrons. The minimum Gasteiger partial charge on any atom is -0.318 e. The lowest BCUT2D eigenvalue weighted by molar-refractivity contribution is 0.240. The molecule has 0 saturated carbocycles. The highest BCUT2D eigenvalue weighted by Crippen LogP contribution is 2.21. The predicted molar refractivity (Wildman–Crippen MR) is 101 cm³/mol. The van der Waals surface area contributed by atoms with Crippen molar-refractivity contribution in [2.24, 2.45) is 5.10 Å². The van der Waals surface area contributed by atoms with Gasteiger partial charge in [-0.15, -0.1) is 0 Å². The third-order valence-corrected chi connectivity index (χ3v) is 4.97. The number of aryl methyl sites for hydroxylation is 1. The summed E-state index contributed by atoms with van der Waals surface area (Å²) in [6, 6.07) is 10.9. The first-order valence-corrected chi connectivity index (χ1v) is 8.97. The van der Waals surface area contributed by atoms with Crippen LogP contribution in [0.3, 0.4) is 0 Å². The number of halogens is 1. The fourth-order valence-corrected chi connectivity index (χ4v) is 3.40. The van der Waals surface area contributed by atoms with Gasteiger partial charge in [0, 0.05) is 39.3 Å². The predicted octanol–water partition coefficient (Wildman–Crippen LogP) is 4.52. The summed E-state index contributed by atoms with van der Waals surface area (Å²) in [5.74, 6) is 0. The van der Waals surface area contributed by atoms with Gasteiger partial charge in [0.2, 0.25) is 0 Å². The van der Waals surface area contributed by atoms with E-state index in [1.165, 1.54) is 45.5 Å². The maximum atomic E-state index is 4.67. The van der Waals surface area contributed by atoms with Crippen LogP contribution in [0.1, 0.15) is 36.2 Å². The molecule has 22 heavy (non-hydrogen) atoms. The van der Waals surface area contributed by atoms with Crippen LogP contribution in [0.25, 0.3) is 5.69 Å². The summed E-state index contributed by atoms with van der Waals surface area (Å²) in [4.78, 5) is 0. The van der Waals surface area contributed by atoms with E-state index in [1.807, 2.05) is 6.21 Å². The zero-order valence-electron chi connectivity index (χ0n) is 13.2. The van der Waals surface area contributed by atoms with Gasteiger partial charge in [0.1, 0.15) is 0 Å². The van der Waals surface area contributed by atoms with Gasteiger partial charge >= 0.3 is 0 Å². The molecule has 0 spiro atoms. The maximum absolute atomic E-state index is 4.67. The van der Waals surface area contributed by atoms with Crippen molar-refractivity contribution in [1.29, 1.82) is 0 Å². The number of nitrogens with zero attached hydrogens (tertiary/aromatic N) is 3. The number of piperidine rings is 1. The Bertz CT molecular complexity index is 664. The van der Waals surface area contributed by atoms with E-state index in [9.17, 15) is 0 Å². The quantitative estimate of drug-likeness (QED) is 0.542. The second kappa shape index (κ2) is 6.86. The molecule has 1 aromatic heterocycles. The highest BCUT2D eigenvalue weighted by Gasteiger charge is 2.11. The molecule has 1 aliphatic heterocycles. The van der Waals surface area contributed by atoms with E-state index in [4.69, 9.17) is 0 Å². The topological polar surface area (TPSA) is 20.5 Å². The first-order valence-electron chi connectivity index (χ1n) is 7.89. The van der Waals surface area contributed by atoms with Gasteiger partial charge in [0.05, 0.1) is 6.21 Å². The molecule has 3 nitrogen and oxygen atoms in total. The number of benzene rings is 1. The molecule has 0 radical (unpaired) electrons. The number of rotatable bonds is 3. The lowest BCUT2D eigenvalue weighted by Gasteiger charge is -2.23. The molecule has 3 rings (SSSR count). The lowest BCUT2D eigenvalue weighted by atomic mass is 10.2. The Balaban J connectivity index is 1.86. The molecule has 0 aliphatic carbocycles. The van der Waals surface area contributed by atoms with Gasteiger partial charge < -0.3 is 4.57 Å². The third kappa shape index (κ3) is 3.37. The van der Waals surface area contributed by atoms with E-state index in [-0.39, 0.29) is 0 Å². The van der Waals surface area contributed by atoms with Gasteiger partial charge in [-0.25, -0.2) is 0 Å². The Kier molecular flexibility index (Phi) is 4.86. The molecule has 1 saturated heterocycles. The molecule has 4 heteroatoms. The van der Waals surface area contributed by atoms with Crippen LogP contribution in [0.5, 0.6) is 0 Å². The molecule has 0 bridgehead atoms. The second-order valence-electron chi connectivity index (χ2n) is 5.90. The van der Waals surface area contributed by atoms with Crippen LogP contribution in [0.15, 0.2) is 35.4 Å². The van der Waals surface area contributed by atoms with Gasteiger partial charge in [0.25, 0.3) is 0 Å². The lowest BCUT2D eigenvalue weighted by Crippen LogP contribution is -2.24. The maximum Gasteiger partial charge on any atom is 0.0561 e. The summed E-state index contributed by atoms with van der Waals surface area (Å²) in [7, 11) is 0. The highest BCUT2D eigenvalue weighted by molar-refractivity contribution is 14.1. The molecule has 1 aromatic carbocycles. The Hall–Kier alpha value is -1.30.